The predicted molar refractivity (Wildman–Crippen MR) is 77.5 cm³/mol. The number of thioether (sulfide) groups is 1. The molecule has 0 aliphatic rings. The van der Waals surface area contributed by atoms with Crippen molar-refractivity contribution in [1.29, 1.82) is 0 Å². The zero-order valence-corrected chi connectivity index (χ0v) is 12.2. The highest BCUT2D eigenvalue weighted by Gasteiger charge is 2.25. The quantitative estimate of drug-likeness (QED) is 0.801. The first-order chi connectivity index (χ1) is 8.17. The summed E-state index contributed by atoms with van der Waals surface area (Å²) in [5, 5.41) is 3.63. The lowest BCUT2D eigenvalue weighted by molar-refractivity contribution is 0.459. The fraction of sp³-hybridized carbons (Fsp3) is 0.643. The smallest absolute Gasteiger partial charge is 0.0315 e. The number of nitrogens with zero attached hydrogens (tertiary/aromatic N) is 1. The van der Waals surface area contributed by atoms with Crippen molar-refractivity contribution in [2.75, 3.05) is 12.8 Å². The topological polar surface area (TPSA) is 24.9 Å². The predicted octanol–water partition coefficient (Wildman–Crippen LogP) is 3.65. The van der Waals surface area contributed by atoms with Gasteiger partial charge in [0.15, 0.2) is 0 Å². The van der Waals surface area contributed by atoms with Gasteiger partial charge in [0.05, 0.1) is 0 Å². The second-order valence-corrected chi connectivity index (χ2v) is 5.76. The normalized spacial score (nSPS) is 13.6. The maximum Gasteiger partial charge on any atom is 0.0315 e. The van der Waals surface area contributed by atoms with Crippen LogP contribution in [0.4, 0.5) is 0 Å². The van der Waals surface area contributed by atoms with Crippen LogP contribution in [0, 0.1) is 0 Å². The summed E-state index contributed by atoms with van der Waals surface area (Å²) in [6.45, 7) is 7.80. The van der Waals surface area contributed by atoms with Crippen LogP contribution >= 0.6 is 11.8 Å². The molecule has 17 heavy (non-hydrogen) atoms. The maximum absolute atomic E-state index is 4.17. The molecule has 1 heterocycles. The molecule has 1 N–H and O–H groups in total. The van der Waals surface area contributed by atoms with E-state index in [0.29, 0.717) is 10.8 Å². The van der Waals surface area contributed by atoms with E-state index in [-0.39, 0.29) is 0 Å². The van der Waals surface area contributed by atoms with E-state index in [1.807, 2.05) is 30.2 Å². The summed E-state index contributed by atoms with van der Waals surface area (Å²) in [6.07, 6.45) is 8.38. The van der Waals surface area contributed by atoms with Crippen molar-refractivity contribution in [3.63, 3.8) is 0 Å². The number of aromatic nitrogens is 1. The van der Waals surface area contributed by atoms with Crippen molar-refractivity contribution in [2.45, 2.75) is 44.4 Å². The average molecular weight is 252 g/mol. The van der Waals surface area contributed by atoms with E-state index in [1.54, 1.807) is 0 Å². The Hall–Kier alpha value is -0.540. The summed E-state index contributed by atoms with van der Waals surface area (Å²) < 4.78 is 0.371. The van der Waals surface area contributed by atoms with Gasteiger partial charge in [-0.15, -0.1) is 0 Å². The molecule has 2 nitrogen and oxygen atoms in total. The summed E-state index contributed by atoms with van der Waals surface area (Å²) in [5.41, 5.74) is 1.26. The van der Waals surface area contributed by atoms with Gasteiger partial charge in [0.2, 0.25) is 0 Å². The Bertz CT molecular complexity index is 301. The molecule has 0 bridgehead atoms. The highest BCUT2D eigenvalue weighted by atomic mass is 32.2. The van der Waals surface area contributed by atoms with Crippen molar-refractivity contribution < 1.29 is 0 Å². The number of hydrogen-bond acceptors (Lipinski definition) is 3. The summed E-state index contributed by atoms with van der Waals surface area (Å²) in [5.74, 6) is 0. The molecule has 0 aromatic carbocycles. The third-order valence-corrected chi connectivity index (χ3v) is 5.22. The molecule has 0 aliphatic carbocycles. The van der Waals surface area contributed by atoms with Crippen LogP contribution in [0.1, 0.15) is 45.2 Å². The minimum atomic E-state index is 0.369. The van der Waals surface area contributed by atoms with Gasteiger partial charge in [-0.3, -0.25) is 4.98 Å². The van der Waals surface area contributed by atoms with Crippen LogP contribution < -0.4 is 5.32 Å². The van der Waals surface area contributed by atoms with E-state index in [2.05, 4.69) is 43.4 Å². The molecule has 0 saturated heterocycles. The lowest BCUT2D eigenvalue weighted by Crippen LogP contribution is -2.37. The van der Waals surface area contributed by atoms with Gasteiger partial charge >= 0.3 is 0 Å². The van der Waals surface area contributed by atoms with Crippen LogP contribution in [0.5, 0.6) is 0 Å². The lowest BCUT2D eigenvalue weighted by atomic mass is 10.0. The molecular formula is C14H24N2S. The minimum Gasteiger partial charge on any atom is -0.309 e. The Morgan fingerprint density at radius 3 is 2.59 bits per heavy atom. The Morgan fingerprint density at radius 2 is 2.12 bits per heavy atom. The lowest BCUT2D eigenvalue weighted by Gasteiger charge is -2.31. The molecule has 0 saturated carbocycles. The molecule has 0 fully saturated rings. The zero-order valence-electron chi connectivity index (χ0n) is 11.4. The van der Waals surface area contributed by atoms with Gasteiger partial charge < -0.3 is 5.32 Å². The number of pyridine rings is 1. The summed E-state index contributed by atoms with van der Waals surface area (Å²) >= 11 is 1.98. The maximum atomic E-state index is 4.17. The largest absolute Gasteiger partial charge is 0.309 e. The first-order valence-corrected chi connectivity index (χ1v) is 7.58. The highest BCUT2D eigenvalue weighted by molar-refractivity contribution is 8.00. The van der Waals surface area contributed by atoms with Gasteiger partial charge in [0.25, 0.3) is 0 Å². The molecule has 1 rings (SSSR count). The van der Waals surface area contributed by atoms with Crippen molar-refractivity contribution in [2.24, 2.45) is 0 Å². The summed E-state index contributed by atoms with van der Waals surface area (Å²) in [4.78, 5) is 4.17. The van der Waals surface area contributed by atoms with Crippen LogP contribution in [-0.2, 0) is 0 Å². The minimum absolute atomic E-state index is 0.369. The SMILES string of the molecule is CCC(CC)(CNC(C)c1cccnc1)SC. The van der Waals surface area contributed by atoms with Gasteiger partial charge in [0.1, 0.15) is 0 Å². The molecule has 96 valence electrons. The van der Waals surface area contributed by atoms with Crippen molar-refractivity contribution in [1.82, 2.24) is 10.3 Å². The fourth-order valence-corrected chi connectivity index (χ4v) is 2.75. The first-order valence-electron chi connectivity index (χ1n) is 6.36. The number of nitrogens with one attached hydrogen (secondary N) is 1. The second-order valence-electron chi connectivity index (χ2n) is 4.48. The standard InChI is InChI=1S/C14H24N2S/c1-5-14(6-2,17-4)11-16-12(3)13-8-7-9-15-10-13/h7-10,12,16H,5-6,11H2,1-4H3. The third-order valence-electron chi connectivity index (χ3n) is 3.64. The van der Waals surface area contributed by atoms with Crippen molar-refractivity contribution >= 4 is 11.8 Å². The Kier molecular flexibility index (Phi) is 6.00. The molecule has 3 heteroatoms. The van der Waals surface area contributed by atoms with Crippen LogP contribution in [-0.4, -0.2) is 22.5 Å². The zero-order chi connectivity index (χ0) is 12.7. The van der Waals surface area contributed by atoms with Crippen LogP contribution in [0.25, 0.3) is 0 Å². The Labute approximate surface area is 110 Å². The van der Waals surface area contributed by atoms with E-state index < -0.39 is 0 Å². The monoisotopic (exact) mass is 252 g/mol. The average Bonchev–Trinajstić information content (AvgIpc) is 2.41. The summed E-state index contributed by atoms with van der Waals surface area (Å²) in [7, 11) is 0. The molecule has 0 aliphatic heterocycles. The van der Waals surface area contributed by atoms with E-state index in [0.717, 1.165) is 6.54 Å². The Morgan fingerprint density at radius 1 is 1.41 bits per heavy atom. The van der Waals surface area contributed by atoms with Gasteiger partial charge in [-0.2, -0.15) is 11.8 Å². The van der Waals surface area contributed by atoms with E-state index in [1.165, 1.54) is 18.4 Å². The van der Waals surface area contributed by atoms with Crippen molar-refractivity contribution in [3.05, 3.63) is 30.1 Å². The second kappa shape index (κ2) is 7.02. The summed E-state index contributed by atoms with van der Waals surface area (Å²) in [6, 6.07) is 4.49. The fourth-order valence-electron chi connectivity index (χ4n) is 1.95. The number of rotatable bonds is 7. The first kappa shape index (κ1) is 14.5. The molecule has 1 aromatic heterocycles. The third kappa shape index (κ3) is 4.00. The van der Waals surface area contributed by atoms with Gasteiger partial charge in [-0.1, -0.05) is 19.9 Å². The van der Waals surface area contributed by atoms with Gasteiger partial charge in [-0.25, -0.2) is 0 Å². The van der Waals surface area contributed by atoms with Crippen LogP contribution in [0.2, 0.25) is 0 Å². The van der Waals surface area contributed by atoms with E-state index in [9.17, 15) is 0 Å². The molecule has 0 amide bonds. The van der Waals surface area contributed by atoms with Crippen molar-refractivity contribution in [3.8, 4) is 0 Å². The van der Waals surface area contributed by atoms with E-state index in [4.69, 9.17) is 0 Å². The van der Waals surface area contributed by atoms with E-state index >= 15 is 0 Å². The number of hydrogen-bond donors (Lipinski definition) is 1. The molecule has 0 radical (unpaired) electrons. The van der Waals surface area contributed by atoms with Crippen LogP contribution in [0.15, 0.2) is 24.5 Å². The molecule has 1 aromatic rings. The van der Waals surface area contributed by atoms with Gasteiger partial charge in [0, 0.05) is 29.7 Å². The highest BCUT2D eigenvalue weighted by Crippen LogP contribution is 2.30. The molecule has 1 atom stereocenters. The molecular weight excluding hydrogens is 228 g/mol. The van der Waals surface area contributed by atoms with Crippen LogP contribution in [0.3, 0.4) is 0 Å². The van der Waals surface area contributed by atoms with Gasteiger partial charge in [-0.05, 0) is 37.7 Å². The molecule has 0 spiro atoms. The Balaban J connectivity index is 2.55. The molecule has 1 unspecified atom stereocenters.